The van der Waals surface area contributed by atoms with Gasteiger partial charge in [0, 0.05) is 26.8 Å². The average molecular weight is 257 g/mol. The molecule has 1 aliphatic carbocycles. The Kier molecular flexibility index (Phi) is 6.61. The predicted molar refractivity (Wildman–Crippen MR) is 75.9 cm³/mol. The van der Waals surface area contributed by atoms with E-state index in [1.807, 2.05) is 0 Å². The highest BCUT2D eigenvalue weighted by molar-refractivity contribution is 4.83. The van der Waals surface area contributed by atoms with E-state index in [-0.39, 0.29) is 6.10 Å². The fraction of sp³-hybridized carbons (Fsp3) is 1.00. The van der Waals surface area contributed by atoms with Crippen LogP contribution in [0.25, 0.3) is 0 Å². The highest BCUT2D eigenvalue weighted by Gasteiger charge is 2.29. The molecule has 0 aromatic carbocycles. The summed E-state index contributed by atoms with van der Waals surface area (Å²) in [6.45, 7) is 8.66. The molecule has 1 rings (SSSR count). The monoisotopic (exact) mass is 257 g/mol. The summed E-state index contributed by atoms with van der Waals surface area (Å²) in [5.74, 6) is 0.882. The summed E-state index contributed by atoms with van der Waals surface area (Å²) in [4.78, 5) is 0. The van der Waals surface area contributed by atoms with Gasteiger partial charge >= 0.3 is 0 Å². The van der Waals surface area contributed by atoms with Gasteiger partial charge in [0.2, 0.25) is 0 Å². The van der Waals surface area contributed by atoms with Crippen molar-refractivity contribution in [1.29, 1.82) is 0 Å². The maximum atomic E-state index is 5.37. The first kappa shape index (κ1) is 15.9. The van der Waals surface area contributed by atoms with Crippen LogP contribution in [0.1, 0.15) is 46.5 Å². The first-order valence-electron chi connectivity index (χ1n) is 7.22. The molecule has 18 heavy (non-hydrogen) atoms. The number of methoxy groups -OCH3 is 2. The number of rotatable bonds is 6. The van der Waals surface area contributed by atoms with E-state index < -0.39 is 0 Å². The lowest BCUT2D eigenvalue weighted by molar-refractivity contribution is 0.0256. The average Bonchev–Trinajstić information content (AvgIpc) is 2.34. The molecular weight excluding hydrogens is 226 g/mol. The van der Waals surface area contributed by atoms with Crippen molar-refractivity contribution >= 4 is 0 Å². The van der Waals surface area contributed by atoms with Crippen LogP contribution in [0.4, 0.5) is 0 Å². The van der Waals surface area contributed by atoms with Gasteiger partial charge in [0.15, 0.2) is 0 Å². The Balaban J connectivity index is 2.23. The third-order valence-electron chi connectivity index (χ3n) is 4.27. The van der Waals surface area contributed by atoms with Crippen LogP contribution in [0.2, 0.25) is 0 Å². The predicted octanol–water partition coefficient (Wildman–Crippen LogP) is 2.84. The molecule has 0 radical (unpaired) electrons. The largest absolute Gasteiger partial charge is 0.382 e. The van der Waals surface area contributed by atoms with Crippen LogP contribution in [0.5, 0.6) is 0 Å². The van der Waals surface area contributed by atoms with Gasteiger partial charge in [-0.2, -0.15) is 0 Å². The molecule has 0 spiro atoms. The van der Waals surface area contributed by atoms with Crippen molar-refractivity contribution in [1.82, 2.24) is 5.32 Å². The lowest BCUT2D eigenvalue weighted by Gasteiger charge is -2.37. The van der Waals surface area contributed by atoms with Crippen LogP contribution in [0, 0.1) is 11.3 Å². The van der Waals surface area contributed by atoms with Crippen LogP contribution in [0.3, 0.4) is 0 Å². The molecule has 1 fully saturated rings. The molecule has 1 N–H and O–H groups in total. The molecule has 3 heteroatoms. The smallest absolute Gasteiger partial charge is 0.0928 e. The summed E-state index contributed by atoms with van der Waals surface area (Å²) < 4.78 is 10.5. The summed E-state index contributed by atoms with van der Waals surface area (Å²) in [5.41, 5.74) is 0.468. The summed E-state index contributed by atoms with van der Waals surface area (Å²) in [5, 5.41) is 3.62. The number of hydrogen-bond donors (Lipinski definition) is 1. The lowest BCUT2D eigenvalue weighted by Crippen LogP contribution is -2.41. The Morgan fingerprint density at radius 2 is 1.72 bits per heavy atom. The van der Waals surface area contributed by atoms with Crippen molar-refractivity contribution in [2.24, 2.45) is 11.3 Å². The minimum Gasteiger partial charge on any atom is -0.382 e. The van der Waals surface area contributed by atoms with Crippen LogP contribution in [-0.4, -0.2) is 39.5 Å². The minimum atomic E-state index is 0.176. The molecule has 1 saturated carbocycles. The lowest BCUT2D eigenvalue weighted by atomic mass is 9.71. The van der Waals surface area contributed by atoms with E-state index in [2.05, 4.69) is 26.1 Å². The van der Waals surface area contributed by atoms with Gasteiger partial charge < -0.3 is 14.8 Å². The van der Waals surface area contributed by atoms with Crippen molar-refractivity contribution in [2.45, 2.75) is 58.6 Å². The van der Waals surface area contributed by atoms with Crippen molar-refractivity contribution in [2.75, 3.05) is 27.4 Å². The molecule has 1 aliphatic rings. The van der Waals surface area contributed by atoms with Gasteiger partial charge in [-0.15, -0.1) is 0 Å². The molecule has 0 bridgehead atoms. The fourth-order valence-corrected chi connectivity index (χ4v) is 2.86. The van der Waals surface area contributed by atoms with E-state index in [4.69, 9.17) is 9.47 Å². The van der Waals surface area contributed by atoms with Crippen molar-refractivity contribution in [3.63, 3.8) is 0 Å². The SMILES string of the molecule is COCC(CNC1CCC(C(C)(C)C)CC1)OC. The van der Waals surface area contributed by atoms with E-state index in [1.54, 1.807) is 14.2 Å². The van der Waals surface area contributed by atoms with E-state index >= 15 is 0 Å². The van der Waals surface area contributed by atoms with Gasteiger partial charge in [0.05, 0.1) is 12.7 Å². The Labute approximate surface area is 113 Å². The first-order valence-corrected chi connectivity index (χ1v) is 7.22. The van der Waals surface area contributed by atoms with Gasteiger partial charge in [0.1, 0.15) is 0 Å². The second kappa shape index (κ2) is 7.46. The maximum Gasteiger partial charge on any atom is 0.0928 e. The van der Waals surface area contributed by atoms with E-state index in [1.165, 1.54) is 25.7 Å². The number of nitrogens with one attached hydrogen (secondary N) is 1. The maximum absolute atomic E-state index is 5.37. The van der Waals surface area contributed by atoms with Crippen LogP contribution in [0.15, 0.2) is 0 Å². The molecular formula is C15H31NO2. The first-order chi connectivity index (χ1) is 8.47. The molecule has 0 saturated heterocycles. The third kappa shape index (κ3) is 5.25. The van der Waals surface area contributed by atoms with Crippen LogP contribution >= 0.6 is 0 Å². The van der Waals surface area contributed by atoms with E-state index in [0.29, 0.717) is 18.1 Å². The normalized spacial score (nSPS) is 27.2. The van der Waals surface area contributed by atoms with Crippen LogP contribution in [-0.2, 0) is 9.47 Å². The zero-order valence-electron chi connectivity index (χ0n) is 12.8. The van der Waals surface area contributed by atoms with Gasteiger partial charge in [0.25, 0.3) is 0 Å². The molecule has 0 aromatic rings. The summed E-state index contributed by atoms with van der Waals surface area (Å²) in [7, 11) is 3.47. The Hall–Kier alpha value is -0.120. The molecule has 0 aliphatic heterocycles. The molecule has 0 aromatic heterocycles. The van der Waals surface area contributed by atoms with Crippen molar-refractivity contribution in [3.05, 3.63) is 0 Å². The standard InChI is InChI=1S/C15H31NO2/c1-15(2,3)12-6-8-13(9-7-12)16-10-14(18-5)11-17-4/h12-14,16H,6-11H2,1-5H3. The van der Waals surface area contributed by atoms with E-state index in [0.717, 1.165) is 12.5 Å². The molecule has 1 unspecified atom stereocenters. The molecule has 0 amide bonds. The summed E-state index contributed by atoms with van der Waals surface area (Å²) >= 11 is 0. The fourth-order valence-electron chi connectivity index (χ4n) is 2.86. The van der Waals surface area contributed by atoms with Crippen LogP contribution < -0.4 is 5.32 Å². The van der Waals surface area contributed by atoms with Crippen molar-refractivity contribution in [3.8, 4) is 0 Å². The highest BCUT2D eigenvalue weighted by Crippen LogP contribution is 2.37. The third-order valence-corrected chi connectivity index (χ3v) is 4.27. The van der Waals surface area contributed by atoms with Gasteiger partial charge in [-0.25, -0.2) is 0 Å². The number of hydrogen-bond acceptors (Lipinski definition) is 3. The second-order valence-electron chi connectivity index (χ2n) is 6.64. The Bertz CT molecular complexity index is 217. The van der Waals surface area contributed by atoms with Gasteiger partial charge in [-0.05, 0) is 37.0 Å². The van der Waals surface area contributed by atoms with Gasteiger partial charge in [-0.3, -0.25) is 0 Å². The molecule has 1 atom stereocenters. The minimum absolute atomic E-state index is 0.176. The molecule has 3 nitrogen and oxygen atoms in total. The molecule has 0 heterocycles. The van der Waals surface area contributed by atoms with E-state index in [9.17, 15) is 0 Å². The zero-order chi connectivity index (χ0) is 13.6. The summed E-state index contributed by atoms with van der Waals surface area (Å²) in [6.07, 6.45) is 5.47. The highest BCUT2D eigenvalue weighted by atomic mass is 16.5. The Morgan fingerprint density at radius 3 is 2.17 bits per heavy atom. The quantitative estimate of drug-likeness (QED) is 0.793. The van der Waals surface area contributed by atoms with Crippen molar-refractivity contribution < 1.29 is 9.47 Å². The van der Waals surface area contributed by atoms with Gasteiger partial charge in [-0.1, -0.05) is 20.8 Å². The second-order valence-corrected chi connectivity index (χ2v) is 6.64. The zero-order valence-corrected chi connectivity index (χ0v) is 12.8. The topological polar surface area (TPSA) is 30.5 Å². The molecule has 108 valence electrons. The number of ether oxygens (including phenoxy) is 2. The summed E-state index contributed by atoms with van der Waals surface area (Å²) in [6, 6.07) is 0.665. The Morgan fingerprint density at radius 1 is 1.11 bits per heavy atom.